The van der Waals surface area contributed by atoms with Crippen LogP contribution in [0.2, 0.25) is 0 Å². The van der Waals surface area contributed by atoms with Gasteiger partial charge >= 0.3 is 0 Å². The summed E-state index contributed by atoms with van der Waals surface area (Å²) in [6.07, 6.45) is 0. The van der Waals surface area contributed by atoms with Crippen LogP contribution in [0.25, 0.3) is 0 Å². The zero-order valence-corrected chi connectivity index (χ0v) is 17.2. The van der Waals surface area contributed by atoms with Crippen molar-refractivity contribution in [1.29, 1.82) is 0 Å². The summed E-state index contributed by atoms with van der Waals surface area (Å²) in [6.45, 7) is 3.56. The van der Waals surface area contributed by atoms with E-state index in [2.05, 4.69) is 5.32 Å². The number of carbonyl (C=O) groups is 2. The van der Waals surface area contributed by atoms with E-state index in [9.17, 15) is 18.0 Å². The zero-order valence-electron chi connectivity index (χ0n) is 15.6. The molecule has 2 amide bonds. The van der Waals surface area contributed by atoms with Gasteiger partial charge in [-0.2, -0.15) is 0 Å². The number of primary amides is 1. The zero-order chi connectivity index (χ0) is 20.5. The Labute approximate surface area is 162 Å². The van der Waals surface area contributed by atoms with Gasteiger partial charge in [-0.25, -0.2) is 12.7 Å². The van der Waals surface area contributed by atoms with E-state index >= 15 is 0 Å². The summed E-state index contributed by atoms with van der Waals surface area (Å²) in [6, 6.07) is 4.09. The van der Waals surface area contributed by atoms with Crippen molar-refractivity contribution in [3.63, 3.8) is 0 Å². The molecule has 0 aliphatic carbocycles. The van der Waals surface area contributed by atoms with Crippen molar-refractivity contribution >= 4 is 38.2 Å². The van der Waals surface area contributed by atoms with Gasteiger partial charge < -0.3 is 15.8 Å². The van der Waals surface area contributed by atoms with Gasteiger partial charge in [-0.05, 0) is 37.6 Å². The monoisotopic (exact) mass is 411 g/mol. The third kappa shape index (κ3) is 3.97. The molecule has 2 rings (SSSR count). The topological polar surface area (TPSA) is 119 Å². The molecule has 0 aliphatic rings. The number of rotatable bonds is 6. The molecule has 0 spiro atoms. The minimum absolute atomic E-state index is 0.107. The second-order valence-corrected chi connectivity index (χ2v) is 9.30. The summed E-state index contributed by atoms with van der Waals surface area (Å²) in [7, 11) is 0.305. The molecule has 0 fully saturated rings. The number of nitrogens with two attached hydrogens (primary N) is 1. The highest BCUT2D eigenvalue weighted by molar-refractivity contribution is 7.89. The maximum atomic E-state index is 12.7. The molecule has 0 unspecified atom stereocenters. The van der Waals surface area contributed by atoms with Crippen LogP contribution in [0, 0.1) is 13.8 Å². The number of carbonyl (C=O) groups excluding carboxylic acids is 2. The highest BCUT2D eigenvalue weighted by atomic mass is 32.2. The molecule has 27 heavy (non-hydrogen) atoms. The summed E-state index contributed by atoms with van der Waals surface area (Å²) in [5, 5.41) is 2.97. The molecule has 3 N–H and O–H groups in total. The lowest BCUT2D eigenvalue weighted by Crippen LogP contribution is -2.23. The number of ether oxygens (including phenoxy) is 1. The van der Waals surface area contributed by atoms with E-state index in [0.717, 1.165) is 9.18 Å². The van der Waals surface area contributed by atoms with Crippen LogP contribution in [0.3, 0.4) is 0 Å². The third-order valence-corrected chi connectivity index (χ3v) is 7.00. The standard InChI is InChI=1S/C17H21N3O5S2/c1-9-10(2)26-17(14(9)15(18)21)19-16(22)11-6-7-12(25-5)13(8-11)27(23,24)20(3)4/h6-8H,1-5H3,(H2,18,21)(H,19,22). The van der Waals surface area contributed by atoms with E-state index in [1.165, 1.54) is 50.7 Å². The van der Waals surface area contributed by atoms with Gasteiger partial charge in [-0.3, -0.25) is 9.59 Å². The van der Waals surface area contributed by atoms with Crippen molar-refractivity contribution in [2.24, 2.45) is 5.73 Å². The van der Waals surface area contributed by atoms with Crippen LogP contribution in [0.4, 0.5) is 5.00 Å². The second-order valence-electron chi connectivity index (χ2n) is 5.96. The molecule has 0 atom stereocenters. The quantitative estimate of drug-likeness (QED) is 0.753. The first kappa shape index (κ1) is 20.9. The predicted octanol–water partition coefficient (Wildman–Crippen LogP) is 1.98. The van der Waals surface area contributed by atoms with Crippen LogP contribution < -0.4 is 15.8 Å². The normalized spacial score (nSPS) is 11.5. The summed E-state index contributed by atoms with van der Waals surface area (Å²) < 4.78 is 31.1. The first-order valence-electron chi connectivity index (χ1n) is 7.82. The maximum absolute atomic E-state index is 12.7. The molecule has 0 saturated carbocycles. The highest BCUT2D eigenvalue weighted by Crippen LogP contribution is 2.33. The van der Waals surface area contributed by atoms with E-state index in [4.69, 9.17) is 10.5 Å². The van der Waals surface area contributed by atoms with Crippen LogP contribution in [-0.4, -0.2) is 45.7 Å². The Balaban J connectivity index is 2.47. The van der Waals surface area contributed by atoms with Gasteiger partial charge in [-0.15, -0.1) is 11.3 Å². The Bertz CT molecular complexity index is 1010. The Hall–Kier alpha value is -2.43. The first-order valence-corrected chi connectivity index (χ1v) is 10.1. The Morgan fingerprint density at radius 1 is 1.22 bits per heavy atom. The van der Waals surface area contributed by atoms with Gasteiger partial charge in [0.15, 0.2) is 0 Å². The van der Waals surface area contributed by atoms with Crippen molar-refractivity contribution in [2.75, 3.05) is 26.5 Å². The Morgan fingerprint density at radius 2 is 1.85 bits per heavy atom. The number of amides is 2. The van der Waals surface area contributed by atoms with Crippen molar-refractivity contribution in [2.45, 2.75) is 18.7 Å². The SMILES string of the molecule is COc1ccc(C(=O)Nc2sc(C)c(C)c2C(N)=O)cc1S(=O)(=O)N(C)C. The van der Waals surface area contributed by atoms with Gasteiger partial charge in [0, 0.05) is 24.5 Å². The van der Waals surface area contributed by atoms with Crippen LogP contribution in [0.15, 0.2) is 23.1 Å². The van der Waals surface area contributed by atoms with Gasteiger partial charge in [0.05, 0.1) is 12.7 Å². The molecule has 1 heterocycles. The summed E-state index contributed by atoms with van der Waals surface area (Å²) in [5.74, 6) is -1.07. The summed E-state index contributed by atoms with van der Waals surface area (Å²) in [5.41, 5.74) is 6.47. The number of hydrogen-bond donors (Lipinski definition) is 2. The van der Waals surface area contributed by atoms with Crippen molar-refractivity contribution in [3.8, 4) is 5.75 Å². The maximum Gasteiger partial charge on any atom is 0.256 e. The molecule has 0 saturated heterocycles. The number of anilines is 1. The highest BCUT2D eigenvalue weighted by Gasteiger charge is 2.25. The average molecular weight is 412 g/mol. The first-order chi connectivity index (χ1) is 12.5. The number of thiophene rings is 1. The number of hydrogen-bond acceptors (Lipinski definition) is 6. The fourth-order valence-corrected chi connectivity index (χ4v) is 4.54. The average Bonchev–Trinajstić information content (AvgIpc) is 2.87. The number of methoxy groups -OCH3 is 1. The lowest BCUT2D eigenvalue weighted by atomic mass is 10.1. The number of benzene rings is 1. The van der Waals surface area contributed by atoms with E-state index in [1.54, 1.807) is 6.92 Å². The molecule has 10 heteroatoms. The number of aryl methyl sites for hydroxylation is 1. The second kappa shape index (κ2) is 7.67. The van der Waals surface area contributed by atoms with Gasteiger partial charge in [0.25, 0.3) is 11.8 Å². The minimum Gasteiger partial charge on any atom is -0.495 e. The van der Waals surface area contributed by atoms with E-state index in [-0.39, 0.29) is 21.8 Å². The van der Waals surface area contributed by atoms with Gasteiger partial charge in [-0.1, -0.05) is 0 Å². The summed E-state index contributed by atoms with van der Waals surface area (Å²) in [4.78, 5) is 25.1. The van der Waals surface area contributed by atoms with E-state index in [0.29, 0.717) is 10.6 Å². The third-order valence-electron chi connectivity index (χ3n) is 4.04. The van der Waals surface area contributed by atoms with Crippen LogP contribution in [0.1, 0.15) is 31.2 Å². The predicted molar refractivity (Wildman–Crippen MR) is 104 cm³/mol. The van der Waals surface area contributed by atoms with Crippen molar-refractivity contribution in [1.82, 2.24) is 4.31 Å². The summed E-state index contributed by atoms with van der Waals surface area (Å²) >= 11 is 1.23. The molecule has 2 aromatic rings. The molecule has 8 nitrogen and oxygen atoms in total. The Morgan fingerprint density at radius 3 is 2.37 bits per heavy atom. The van der Waals surface area contributed by atoms with Crippen molar-refractivity contribution < 1.29 is 22.7 Å². The largest absolute Gasteiger partial charge is 0.495 e. The minimum atomic E-state index is -3.82. The number of nitrogens with one attached hydrogen (secondary N) is 1. The molecule has 146 valence electrons. The molecular formula is C17H21N3O5S2. The van der Waals surface area contributed by atoms with Gasteiger partial charge in [0.2, 0.25) is 10.0 Å². The lowest BCUT2D eigenvalue weighted by molar-refractivity contribution is 0.100. The molecule has 1 aromatic carbocycles. The van der Waals surface area contributed by atoms with Crippen LogP contribution in [0.5, 0.6) is 5.75 Å². The fourth-order valence-electron chi connectivity index (χ4n) is 2.40. The fraction of sp³-hybridized carbons (Fsp3) is 0.294. The molecule has 0 radical (unpaired) electrons. The molecule has 1 aromatic heterocycles. The van der Waals surface area contributed by atoms with Crippen molar-refractivity contribution in [3.05, 3.63) is 39.8 Å². The van der Waals surface area contributed by atoms with Gasteiger partial charge in [0.1, 0.15) is 15.6 Å². The molecule has 0 aliphatic heterocycles. The van der Waals surface area contributed by atoms with Crippen LogP contribution >= 0.6 is 11.3 Å². The lowest BCUT2D eigenvalue weighted by Gasteiger charge is -2.15. The smallest absolute Gasteiger partial charge is 0.256 e. The van der Waals surface area contributed by atoms with E-state index in [1.807, 2.05) is 6.92 Å². The van der Waals surface area contributed by atoms with E-state index < -0.39 is 21.8 Å². The number of nitrogens with zero attached hydrogens (tertiary/aromatic N) is 1. The molecular weight excluding hydrogens is 390 g/mol. The Kier molecular flexibility index (Phi) is 5.93. The molecule has 0 bridgehead atoms. The number of sulfonamides is 1. The van der Waals surface area contributed by atoms with Crippen LogP contribution in [-0.2, 0) is 10.0 Å².